The van der Waals surface area contributed by atoms with Gasteiger partial charge in [0, 0.05) is 6.07 Å². The second-order valence-corrected chi connectivity index (χ2v) is 5.04. The summed E-state index contributed by atoms with van der Waals surface area (Å²) in [4.78, 5) is 24.8. The molecule has 0 atom stereocenters. The number of hydrogen-bond acceptors (Lipinski definition) is 4. The lowest BCUT2D eigenvalue weighted by Crippen LogP contribution is -2.28. The summed E-state index contributed by atoms with van der Waals surface area (Å²) in [5.74, 6) is -0.905. The van der Waals surface area contributed by atoms with E-state index in [-0.39, 0.29) is 27.2 Å². The van der Waals surface area contributed by atoms with Crippen molar-refractivity contribution in [2.24, 2.45) is 0 Å². The molecule has 1 aromatic rings. The maximum absolute atomic E-state index is 12.2. The summed E-state index contributed by atoms with van der Waals surface area (Å²) < 4.78 is 4.96. The van der Waals surface area contributed by atoms with E-state index in [1.807, 2.05) is 6.92 Å². The minimum atomic E-state index is -0.860. The van der Waals surface area contributed by atoms with Crippen LogP contribution in [-0.4, -0.2) is 17.1 Å². The highest BCUT2D eigenvalue weighted by atomic mass is 35.5. The van der Waals surface area contributed by atoms with E-state index in [2.05, 4.69) is 0 Å². The minimum absolute atomic E-state index is 0.0111. The summed E-state index contributed by atoms with van der Waals surface area (Å²) in [6.45, 7) is 3.54. The number of allylic oxidation sites excluding steroid dienone is 1. The van der Waals surface area contributed by atoms with E-state index < -0.39 is 12.0 Å². The van der Waals surface area contributed by atoms with Crippen LogP contribution in [0, 0.1) is 0 Å². The van der Waals surface area contributed by atoms with E-state index in [4.69, 9.17) is 27.9 Å². The number of rotatable bonds is 2. The van der Waals surface area contributed by atoms with Crippen LogP contribution in [0.15, 0.2) is 23.5 Å². The first-order valence-electron chi connectivity index (χ1n) is 5.80. The minimum Gasteiger partial charge on any atom is -0.506 e. The largest absolute Gasteiger partial charge is 0.506 e. The number of ether oxygens (including phenoxy) is 1. The van der Waals surface area contributed by atoms with Gasteiger partial charge < -0.3 is 9.84 Å². The second-order valence-electron chi connectivity index (χ2n) is 4.23. The maximum Gasteiger partial charge on any atom is 0.427 e. The molecule has 0 bridgehead atoms. The Morgan fingerprint density at radius 1 is 1.30 bits per heavy atom. The molecule has 2 rings (SSSR count). The molecule has 2 amide bonds. The van der Waals surface area contributed by atoms with Gasteiger partial charge in [0.1, 0.15) is 5.75 Å². The Balaban J connectivity index is 2.52. The number of carbonyl (C=O) groups is 2. The van der Waals surface area contributed by atoms with Crippen molar-refractivity contribution < 1.29 is 19.4 Å². The van der Waals surface area contributed by atoms with Gasteiger partial charge in [-0.15, -0.1) is 0 Å². The Bertz CT molecular complexity index is 640. The number of carbonyl (C=O) groups excluding carboxylic acids is 2. The number of benzene rings is 1. The molecular formula is C13H11Cl2NO4. The number of nitrogens with zero attached hydrogens (tertiary/aromatic N) is 1. The number of halogens is 2. The quantitative estimate of drug-likeness (QED) is 0.841. The van der Waals surface area contributed by atoms with Gasteiger partial charge in [0.05, 0.1) is 15.7 Å². The van der Waals surface area contributed by atoms with Gasteiger partial charge in [0.15, 0.2) is 5.76 Å². The number of imide groups is 1. The van der Waals surface area contributed by atoms with E-state index in [0.29, 0.717) is 12.0 Å². The molecule has 1 N–H and O–H groups in total. The molecule has 0 spiro atoms. The lowest BCUT2D eigenvalue weighted by Gasteiger charge is -2.13. The highest BCUT2D eigenvalue weighted by Gasteiger charge is 2.40. The Morgan fingerprint density at radius 2 is 1.95 bits per heavy atom. The van der Waals surface area contributed by atoms with Gasteiger partial charge in [0.25, 0.3) is 0 Å². The first-order chi connectivity index (χ1) is 9.36. The third-order valence-corrected chi connectivity index (χ3v) is 3.55. The Labute approximate surface area is 125 Å². The van der Waals surface area contributed by atoms with E-state index >= 15 is 0 Å². The van der Waals surface area contributed by atoms with Crippen LogP contribution in [0.1, 0.15) is 20.3 Å². The van der Waals surface area contributed by atoms with Gasteiger partial charge >= 0.3 is 12.0 Å². The van der Waals surface area contributed by atoms with Crippen LogP contribution in [0.25, 0.3) is 0 Å². The topological polar surface area (TPSA) is 66.8 Å². The van der Waals surface area contributed by atoms with E-state index in [9.17, 15) is 14.7 Å². The average Bonchev–Trinajstić information content (AvgIpc) is 2.69. The monoisotopic (exact) mass is 315 g/mol. The van der Waals surface area contributed by atoms with Gasteiger partial charge in [-0.3, -0.25) is 4.79 Å². The Kier molecular flexibility index (Phi) is 3.92. The van der Waals surface area contributed by atoms with Crippen molar-refractivity contribution in [1.29, 1.82) is 0 Å². The standard InChI is InChI=1S/C13H11Cl2NO4/c1-3-6(2)11-12(18)16(13(19)20-11)9-5-10(17)8(15)4-7(9)14/h4-5,17H,3H2,1-2H3. The average molecular weight is 316 g/mol. The zero-order valence-electron chi connectivity index (χ0n) is 10.7. The molecule has 20 heavy (non-hydrogen) atoms. The van der Waals surface area contributed by atoms with E-state index in [1.165, 1.54) is 6.07 Å². The molecule has 0 unspecified atom stereocenters. The maximum atomic E-state index is 12.2. The van der Waals surface area contributed by atoms with Crippen LogP contribution in [-0.2, 0) is 9.53 Å². The number of phenolic OH excluding ortho intramolecular Hbond substituents is 1. The molecule has 0 saturated carbocycles. The van der Waals surface area contributed by atoms with Crippen LogP contribution in [0.5, 0.6) is 5.75 Å². The number of amides is 2. The lowest BCUT2D eigenvalue weighted by atomic mass is 10.2. The molecular weight excluding hydrogens is 305 g/mol. The molecule has 1 aliphatic heterocycles. The third-order valence-electron chi connectivity index (χ3n) is 2.94. The lowest BCUT2D eigenvalue weighted by molar-refractivity contribution is -0.114. The predicted octanol–water partition coefficient (Wildman–Crippen LogP) is 3.87. The van der Waals surface area contributed by atoms with Crippen LogP contribution in [0.2, 0.25) is 10.0 Å². The number of aromatic hydroxyl groups is 1. The summed E-state index contributed by atoms with van der Waals surface area (Å²) in [5, 5.41) is 9.68. The van der Waals surface area contributed by atoms with Crippen LogP contribution < -0.4 is 4.90 Å². The SMILES string of the molecule is CCC(C)=C1OC(=O)N(c2cc(O)c(Cl)cc2Cl)C1=O. The Hall–Kier alpha value is -1.72. The number of anilines is 1. The van der Waals surface area contributed by atoms with Gasteiger partial charge in [0.2, 0.25) is 0 Å². The summed E-state index contributed by atoms with van der Waals surface area (Å²) in [7, 11) is 0. The molecule has 1 aliphatic rings. The summed E-state index contributed by atoms with van der Waals surface area (Å²) in [6, 6.07) is 2.40. The van der Waals surface area contributed by atoms with E-state index in [1.54, 1.807) is 6.92 Å². The van der Waals surface area contributed by atoms with Crippen molar-refractivity contribution in [3.05, 3.63) is 33.5 Å². The second kappa shape index (κ2) is 5.34. The number of cyclic esters (lactones) is 1. The van der Waals surface area contributed by atoms with Gasteiger partial charge in [-0.05, 0) is 25.0 Å². The van der Waals surface area contributed by atoms with Crippen LogP contribution in [0.4, 0.5) is 10.5 Å². The normalized spacial score (nSPS) is 17.5. The summed E-state index contributed by atoms with van der Waals surface area (Å²) in [5.41, 5.74) is 0.683. The molecule has 7 heteroatoms. The summed E-state index contributed by atoms with van der Waals surface area (Å²) in [6.07, 6.45) is -0.289. The van der Waals surface area contributed by atoms with Crippen molar-refractivity contribution in [2.45, 2.75) is 20.3 Å². The fourth-order valence-corrected chi connectivity index (χ4v) is 2.16. The molecule has 0 radical (unpaired) electrons. The van der Waals surface area contributed by atoms with Crippen molar-refractivity contribution in [2.75, 3.05) is 4.90 Å². The fraction of sp³-hybridized carbons (Fsp3) is 0.231. The zero-order valence-corrected chi connectivity index (χ0v) is 12.2. The molecule has 1 saturated heterocycles. The molecule has 1 fully saturated rings. The molecule has 0 aliphatic carbocycles. The third kappa shape index (κ3) is 2.34. The van der Waals surface area contributed by atoms with Gasteiger partial charge in [-0.25, -0.2) is 9.69 Å². The van der Waals surface area contributed by atoms with E-state index in [0.717, 1.165) is 11.0 Å². The number of hydrogen-bond donors (Lipinski definition) is 1. The van der Waals surface area contributed by atoms with Crippen LogP contribution >= 0.6 is 23.2 Å². The predicted molar refractivity (Wildman–Crippen MR) is 75.1 cm³/mol. The number of phenols is 1. The molecule has 1 heterocycles. The summed E-state index contributed by atoms with van der Waals surface area (Å²) >= 11 is 11.7. The highest BCUT2D eigenvalue weighted by Crippen LogP contribution is 2.38. The molecule has 5 nitrogen and oxygen atoms in total. The Morgan fingerprint density at radius 3 is 2.55 bits per heavy atom. The van der Waals surface area contributed by atoms with Crippen LogP contribution in [0.3, 0.4) is 0 Å². The molecule has 1 aromatic carbocycles. The smallest absolute Gasteiger partial charge is 0.427 e. The molecule has 106 valence electrons. The van der Waals surface area contributed by atoms with Crippen molar-refractivity contribution >= 4 is 40.9 Å². The van der Waals surface area contributed by atoms with Crippen molar-refractivity contribution in [3.63, 3.8) is 0 Å². The van der Waals surface area contributed by atoms with Gasteiger partial charge in [-0.2, -0.15) is 0 Å². The zero-order chi connectivity index (χ0) is 15.0. The van der Waals surface area contributed by atoms with Crippen molar-refractivity contribution in [1.82, 2.24) is 0 Å². The first-order valence-corrected chi connectivity index (χ1v) is 6.56. The van der Waals surface area contributed by atoms with Gasteiger partial charge in [-0.1, -0.05) is 30.1 Å². The molecule has 0 aromatic heterocycles. The first kappa shape index (κ1) is 14.7. The fourth-order valence-electron chi connectivity index (χ4n) is 1.70. The van der Waals surface area contributed by atoms with Crippen molar-refractivity contribution in [3.8, 4) is 5.75 Å². The highest BCUT2D eigenvalue weighted by molar-refractivity contribution is 6.39.